The number of hydrogen-bond acceptors (Lipinski definition) is 4. The van der Waals surface area contributed by atoms with E-state index in [1.165, 1.54) is 37.3 Å². The van der Waals surface area contributed by atoms with Crippen LogP contribution in [-0.4, -0.2) is 24.6 Å². The van der Waals surface area contributed by atoms with Crippen molar-refractivity contribution in [2.75, 3.05) is 5.32 Å². The number of halogens is 2. The summed E-state index contributed by atoms with van der Waals surface area (Å²) in [4.78, 5) is 23.9. The molecule has 0 heterocycles. The molecule has 0 aromatic heterocycles. The van der Waals surface area contributed by atoms with E-state index in [4.69, 9.17) is 4.74 Å². The van der Waals surface area contributed by atoms with E-state index in [-0.39, 0.29) is 5.75 Å². The van der Waals surface area contributed by atoms with Gasteiger partial charge in [0.05, 0.1) is 0 Å². The lowest BCUT2D eigenvalue weighted by Gasteiger charge is -2.12. The van der Waals surface area contributed by atoms with Crippen molar-refractivity contribution in [1.82, 2.24) is 0 Å². The van der Waals surface area contributed by atoms with Crippen molar-refractivity contribution >= 4 is 23.6 Å². The first kappa shape index (κ1) is 20.1. The maximum atomic E-state index is 12.1. The van der Waals surface area contributed by atoms with Crippen LogP contribution in [0.1, 0.15) is 18.1 Å². The number of carbonyl (C=O) groups excluding carboxylic acids is 2. The highest BCUT2D eigenvalue weighted by atomic mass is 19.3. The molecule has 0 saturated heterocycles. The minimum Gasteiger partial charge on any atom is -0.449 e. The van der Waals surface area contributed by atoms with E-state index in [2.05, 4.69) is 10.1 Å². The van der Waals surface area contributed by atoms with Crippen LogP contribution in [0, 0.1) is 6.92 Å². The first-order valence-electron chi connectivity index (χ1n) is 8.14. The van der Waals surface area contributed by atoms with E-state index in [1.54, 1.807) is 12.1 Å². The number of amides is 1. The topological polar surface area (TPSA) is 64.6 Å². The Balaban J connectivity index is 1.85. The first-order valence-corrected chi connectivity index (χ1v) is 8.14. The molecule has 2 aromatic rings. The first-order chi connectivity index (χ1) is 12.8. The van der Waals surface area contributed by atoms with Crippen molar-refractivity contribution in [3.05, 3.63) is 65.7 Å². The molecule has 0 spiro atoms. The Morgan fingerprint density at radius 3 is 2.26 bits per heavy atom. The van der Waals surface area contributed by atoms with Gasteiger partial charge in [0, 0.05) is 11.8 Å². The molecule has 0 aliphatic rings. The average Bonchev–Trinajstić information content (AvgIpc) is 2.62. The Hall–Kier alpha value is -3.22. The van der Waals surface area contributed by atoms with Crippen molar-refractivity contribution < 1.29 is 27.8 Å². The van der Waals surface area contributed by atoms with Gasteiger partial charge in [0.25, 0.3) is 5.91 Å². The SMILES string of the molecule is Cc1ccc(NC(=O)[C@@H](C)OC(=O)/C=C/c2ccc(OC(F)F)cc2)cc1. The summed E-state index contributed by atoms with van der Waals surface area (Å²) >= 11 is 0. The number of anilines is 1. The quantitative estimate of drug-likeness (QED) is 0.582. The van der Waals surface area contributed by atoms with Crippen LogP contribution < -0.4 is 10.1 Å². The third-order valence-electron chi connectivity index (χ3n) is 3.50. The lowest BCUT2D eigenvalue weighted by Crippen LogP contribution is -2.29. The Morgan fingerprint density at radius 2 is 1.67 bits per heavy atom. The number of alkyl halides is 2. The predicted molar refractivity (Wildman–Crippen MR) is 97.5 cm³/mol. The second kappa shape index (κ2) is 9.47. The van der Waals surface area contributed by atoms with E-state index < -0.39 is 24.6 Å². The summed E-state index contributed by atoms with van der Waals surface area (Å²) < 4.78 is 33.5. The number of rotatable bonds is 7. The van der Waals surface area contributed by atoms with Gasteiger partial charge < -0.3 is 14.8 Å². The Bertz CT molecular complexity index is 802. The maximum Gasteiger partial charge on any atom is 0.387 e. The zero-order chi connectivity index (χ0) is 19.8. The van der Waals surface area contributed by atoms with Gasteiger partial charge in [0.2, 0.25) is 0 Å². The lowest BCUT2D eigenvalue weighted by molar-refractivity contribution is -0.148. The molecule has 0 unspecified atom stereocenters. The molecule has 7 heteroatoms. The van der Waals surface area contributed by atoms with Gasteiger partial charge in [-0.1, -0.05) is 29.8 Å². The van der Waals surface area contributed by atoms with Gasteiger partial charge in [-0.05, 0) is 49.8 Å². The fraction of sp³-hybridized carbons (Fsp3) is 0.200. The van der Waals surface area contributed by atoms with Crippen LogP contribution in [-0.2, 0) is 14.3 Å². The van der Waals surface area contributed by atoms with Gasteiger partial charge in [-0.2, -0.15) is 8.78 Å². The van der Waals surface area contributed by atoms with Gasteiger partial charge in [0.1, 0.15) is 5.75 Å². The summed E-state index contributed by atoms with van der Waals surface area (Å²) in [6.07, 6.45) is 1.61. The number of aryl methyl sites for hydroxylation is 1. The van der Waals surface area contributed by atoms with E-state index in [0.29, 0.717) is 11.3 Å². The molecule has 0 saturated carbocycles. The van der Waals surface area contributed by atoms with Crippen LogP contribution in [0.25, 0.3) is 6.08 Å². The summed E-state index contributed by atoms with van der Waals surface area (Å²) in [5.41, 5.74) is 2.26. The second-order valence-electron chi connectivity index (χ2n) is 5.72. The molecule has 0 radical (unpaired) electrons. The molecule has 0 fully saturated rings. The summed E-state index contributed by atoms with van der Waals surface area (Å²) in [7, 11) is 0. The Kier molecular flexibility index (Phi) is 7.05. The highest BCUT2D eigenvalue weighted by molar-refractivity contribution is 5.96. The molecular formula is C20H19F2NO4. The van der Waals surface area contributed by atoms with Crippen LogP contribution in [0.2, 0.25) is 0 Å². The minimum atomic E-state index is -2.89. The van der Waals surface area contributed by atoms with Crippen LogP contribution in [0.5, 0.6) is 5.75 Å². The number of hydrogen-bond donors (Lipinski definition) is 1. The molecule has 0 aliphatic carbocycles. The third kappa shape index (κ3) is 6.89. The van der Waals surface area contributed by atoms with Crippen molar-refractivity contribution in [2.45, 2.75) is 26.6 Å². The van der Waals surface area contributed by atoms with Crippen LogP contribution in [0.4, 0.5) is 14.5 Å². The predicted octanol–water partition coefficient (Wildman–Crippen LogP) is 4.18. The number of benzene rings is 2. The average molecular weight is 375 g/mol. The van der Waals surface area contributed by atoms with Gasteiger partial charge in [-0.3, -0.25) is 4.79 Å². The fourth-order valence-electron chi connectivity index (χ4n) is 2.07. The monoisotopic (exact) mass is 375 g/mol. The second-order valence-corrected chi connectivity index (χ2v) is 5.72. The maximum absolute atomic E-state index is 12.1. The Morgan fingerprint density at radius 1 is 1.04 bits per heavy atom. The number of esters is 1. The molecule has 2 aromatic carbocycles. The molecule has 2 rings (SSSR count). The van der Waals surface area contributed by atoms with Crippen LogP contribution in [0.15, 0.2) is 54.6 Å². The van der Waals surface area contributed by atoms with Crippen molar-refractivity contribution in [3.63, 3.8) is 0 Å². The minimum absolute atomic E-state index is 0.0196. The zero-order valence-electron chi connectivity index (χ0n) is 14.8. The summed E-state index contributed by atoms with van der Waals surface area (Å²) in [5, 5.41) is 2.65. The number of carbonyl (C=O) groups is 2. The molecule has 142 valence electrons. The van der Waals surface area contributed by atoms with Gasteiger partial charge in [-0.15, -0.1) is 0 Å². The third-order valence-corrected chi connectivity index (χ3v) is 3.50. The van der Waals surface area contributed by atoms with Gasteiger partial charge in [-0.25, -0.2) is 4.79 Å². The highest BCUT2D eigenvalue weighted by Crippen LogP contribution is 2.16. The van der Waals surface area contributed by atoms with Gasteiger partial charge >= 0.3 is 12.6 Å². The number of nitrogens with one attached hydrogen (secondary N) is 1. The summed E-state index contributed by atoms with van der Waals surface area (Å²) in [6.45, 7) is 0.502. The summed E-state index contributed by atoms with van der Waals surface area (Å²) in [5.74, 6) is -1.13. The van der Waals surface area contributed by atoms with Gasteiger partial charge in [0.15, 0.2) is 6.10 Å². The molecular weight excluding hydrogens is 356 g/mol. The molecule has 1 amide bonds. The molecule has 1 atom stereocenters. The van der Waals surface area contributed by atoms with Crippen molar-refractivity contribution in [3.8, 4) is 5.75 Å². The smallest absolute Gasteiger partial charge is 0.387 e. The van der Waals surface area contributed by atoms with E-state index in [9.17, 15) is 18.4 Å². The van der Waals surface area contributed by atoms with E-state index in [1.807, 2.05) is 19.1 Å². The molecule has 5 nitrogen and oxygen atoms in total. The molecule has 0 bridgehead atoms. The summed E-state index contributed by atoms with van der Waals surface area (Å²) in [6, 6.07) is 12.9. The lowest BCUT2D eigenvalue weighted by atomic mass is 10.2. The van der Waals surface area contributed by atoms with E-state index in [0.717, 1.165) is 11.6 Å². The Labute approximate surface area is 155 Å². The molecule has 1 N–H and O–H groups in total. The van der Waals surface area contributed by atoms with Crippen LogP contribution >= 0.6 is 0 Å². The van der Waals surface area contributed by atoms with Crippen molar-refractivity contribution in [2.24, 2.45) is 0 Å². The fourth-order valence-corrected chi connectivity index (χ4v) is 2.07. The van der Waals surface area contributed by atoms with Crippen LogP contribution in [0.3, 0.4) is 0 Å². The molecule has 27 heavy (non-hydrogen) atoms. The van der Waals surface area contributed by atoms with Crippen molar-refractivity contribution in [1.29, 1.82) is 0 Å². The largest absolute Gasteiger partial charge is 0.449 e. The zero-order valence-corrected chi connectivity index (χ0v) is 14.8. The van der Waals surface area contributed by atoms with E-state index >= 15 is 0 Å². The number of ether oxygens (including phenoxy) is 2. The molecule has 0 aliphatic heterocycles. The normalized spacial score (nSPS) is 12.0. The standard InChI is InChI=1S/C20H19F2NO4/c1-13-3-8-16(9-4-13)23-19(25)14(2)26-18(24)12-7-15-5-10-17(11-6-15)27-20(21)22/h3-12,14,20H,1-2H3,(H,23,25)/b12-7+/t14-/m1/s1. The highest BCUT2D eigenvalue weighted by Gasteiger charge is 2.16.